The Labute approximate surface area is 235 Å². The Hall–Kier alpha value is -5.07. The Bertz CT molecular complexity index is 1860. The fraction of sp³-hybridized carbons (Fsp3) is 0.0303. The topological polar surface area (TPSA) is 76.5 Å². The molecule has 0 saturated carbocycles. The number of nitrogens with one attached hydrogen (secondary N) is 1. The van der Waals surface area contributed by atoms with Crippen molar-refractivity contribution in [1.82, 2.24) is 15.4 Å². The van der Waals surface area contributed by atoms with E-state index in [1.54, 1.807) is 12.4 Å². The van der Waals surface area contributed by atoms with Gasteiger partial charge in [0.1, 0.15) is 5.75 Å². The zero-order chi connectivity index (χ0) is 27.3. The van der Waals surface area contributed by atoms with E-state index >= 15 is 0 Å². The Morgan fingerprint density at radius 1 is 0.850 bits per heavy atom. The summed E-state index contributed by atoms with van der Waals surface area (Å²) >= 11 is 6.30. The summed E-state index contributed by atoms with van der Waals surface area (Å²) < 4.78 is 5.67. The molecule has 6 rings (SSSR count). The van der Waals surface area contributed by atoms with Gasteiger partial charge in [0.25, 0.3) is 5.91 Å². The fourth-order valence-corrected chi connectivity index (χ4v) is 4.63. The third kappa shape index (κ3) is 5.67. The third-order valence-electron chi connectivity index (χ3n) is 6.41. The van der Waals surface area contributed by atoms with E-state index in [0.717, 1.165) is 49.8 Å². The summed E-state index contributed by atoms with van der Waals surface area (Å²) in [5, 5.41) is 6.70. The van der Waals surface area contributed by atoms with Gasteiger partial charge in [0.2, 0.25) is 0 Å². The molecule has 0 radical (unpaired) electrons. The summed E-state index contributed by atoms with van der Waals surface area (Å²) in [6, 6.07) is 35.1. The van der Waals surface area contributed by atoms with E-state index in [0.29, 0.717) is 10.8 Å². The van der Waals surface area contributed by atoms with Crippen molar-refractivity contribution in [2.24, 2.45) is 5.10 Å². The van der Waals surface area contributed by atoms with Gasteiger partial charge in [-0.1, -0.05) is 54.1 Å². The standard InChI is InChI=1S/C33H23ClN4O2/c34-26-11-15-31-29(18-26)28(23-5-2-1-3-6-23)19-32(37-31)24-9-12-27(13-10-24)40-21-33(39)38-36-20-22-8-14-30-25(17-22)7-4-16-35-30/h1-20H,21H2,(H,38,39)/b36-20-. The molecule has 194 valence electrons. The first-order chi connectivity index (χ1) is 19.6. The second-order valence-corrected chi connectivity index (χ2v) is 9.58. The van der Waals surface area contributed by atoms with Gasteiger partial charge in [-0.15, -0.1) is 0 Å². The second-order valence-electron chi connectivity index (χ2n) is 9.14. The molecule has 0 fully saturated rings. The number of hydrogen-bond donors (Lipinski definition) is 1. The number of hydrogen-bond acceptors (Lipinski definition) is 5. The van der Waals surface area contributed by atoms with Crippen molar-refractivity contribution < 1.29 is 9.53 Å². The second kappa shape index (κ2) is 11.4. The molecular weight excluding hydrogens is 520 g/mol. The molecule has 7 heteroatoms. The van der Waals surface area contributed by atoms with Crippen molar-refractivity contribution in [1.29, 1.82) is 0 Å². The molecular formula is C33H23ClN4O2. The van der Waals surface area contributed by atoms with Gasteiger partial charge in [-0.3, -0.25) is 9.78 Å². The van der Waals surface area contributed by atoms with Crippen LogP contribution in [0.2, 0.25) is 5.02 Å². The minimum Gasteiger partial charge on any atom is -0.484 e. The summed E-state index contributed by atoms with van der Waals surface area (Å²) in [4.78, 5) is 21.4. The van der Waals surface area contributed by atoms with Crippen LogP contribution in [0.25, 0.3) is 44.2 Å². The minimum atomic E-state index is -0.356. The smallest absolute Gasteiger partial charge is 0.277 e. The first-order valence-electron chi connectivity index (χ1n) is 12.7. The van der Waals surface area contributed by atoms with Gasteiger partial charge in [-0.05, 0) is 83.4 Å². The quantitative estimate of drug-likeness (QED) is 0.170. The van der Waals surface area contributed by atoms with Crippen molar-refractivity contribution in [3.63, 3.8) is 0 Å². The van der Waals surface area contributed by atoms with Crippen molar-refractivity contribution in [2.45, 2.75) is 0 Å². The molecule has 0 aliphatic heterocycles. The van der Waals surface area contributed by atoms with E-state index in [-0.39, 0.29) is 12.5 Å². The maximum atomic E-state index is 12.2. The number of fused-ring (bicyclic) bond motifs is 2. The molecule has 4 aromatic carbocycles. The molecule has 2 aromatic heterocycles. The predicted octanol–water partition coefficient (Wildman–Crippen LogP) is 7.30. The van der Waals surface area contributed by atoms with E-state index in [2.05, 4.69) is 33.7 Å². The molecule has 0 unspecified atom stereocenters. The highest BCUT2D eigenvalue weighted by molar-refractivity contribution is 6.31. The molecule has 0 bridgehead atoms. The molecule has 40 heavy (non-hydrogen) atoms. The van der Waals surface area contributed by atoms with E-state index in [1.807, 2.05) is 91.0 Å². The van der Waals surface area contributed by atoms with Gasteiger partial charge < -0.3 is 4.74 Å². The van der Waals surface area contributed by atoms with Crippen LogP contribution in [0.3, 0.4) is 0 Å². The van der Waals surface area contributed by atoms with Crippen LogP contribution in [0.15, 0.2) is 120 Å². The van der Waals surface area contributed by atoms with E-state index in [1.165, 1.54) is 0 Å². The summed E-state index contributed by atoms with van der Waals surface area (Å²) in [6.07, 6.45) is 3.34. The number of nitrogens with zero attached hydrogens (tertiary/aromatic N) is 3. The molecule has 1 amide bonds. The highest BCUT2D eigenvalue weighted by Gasteiger charge is 2.11. The predicted molar refractivity (Wildman–Crippen MR) is 161 cm³/mol. The SMILES string of the molecule is O=C(COc1ccc(-c2cc(-c3ccccc3)c3cc(Cl)ccc3n2)cc1)N/N=C\c1ccc2ncccc2c1. The van der Waals surface area contributed by atoms with E-state index < -0.39 is 0 Å². The number of carbonyl (C=O) groups excluding carboxylic acids is 1. The van der Waals surface area contributed by atoms with Gasteiger partial charge >= 0.3 is 0 Å². The van der Waals surface area contributed by atoms with E-state index in [4.69, 9.17) is 21.3 Å². The van der Waals surface area contributed by atoms with Crippen LogP contribution in [-0.4, -0.2) is 28.7 Å². The molecule has 0 spiro atoms. The number of pyridine rings is 2. The first kappa shape index (κ1) is 25.2. The summed E-state index contributed by atoms with van der Waals surface area (Å²) in [5.74, 6) is 0.214. The van der Waals surface area contributed by atoms with Crippen molar-refractivity contribution in [2.75, 3.05) is 6.61 Å². The lowest BCUT2D eigenvalue weighted by molar-refractivity contribution is -0.123. The number of rotatable bonds is 7. The zero-order valence-corrected chi connectivity index (χ0v) is 22.0. The molecule has 1 N–H and O–H groups in total. The molecule has 6 aromatic rings. The van der Waals surface area contributed by atoms with E-state index in [9.17, 15) is 4.79 Å². The van der Waals surface area contributed by atoms with Crippen LogP contribution >= 0.6 is 11.6 Å². The number of ether oxygens (including phenoxy) is 1. The lowest BCUT2D eigenvalue weighted by atomic mass is 9.98. The Morgan fingerprint density at radius 2 is 1.68 bits per heavy atom. The average Bonchev–Trinajstić information content (AvgIpc) is 3.00. The minimum absolute atomic E-state index is 0.161. The molecule has 0 atom stereocenters. The maximum absolute atomic E-state index is 12.2. The number of amides is 1. The van der Waals surface area contributed by atoms with Crippen LogP contribution in [0, 0.1) is 0 Å². The maximum Gasteiger partial charge on any atom is 0.277 e. The monoisotopic (exact) mass is 542 g/mol. The normalized spacial score (nSPS) is 11.2. The van der Waals surface area contributed by atoms with Crippen LogP contribution < -0.4 is 10.2 Å². The summed E-state index contributed by atoms with van der Waals surface area (Å²) in [5.41, 5.74) is 9.03. The van der Waals surface area contributed by atoms with Crippen molar-refractivity contribution >= 4 is 45.5 Å². The van der Waals surface area contributed by atoms with Crippen molar-refractivity contribution in [3.05, 3.63) is 126 Å². The Kier molecular flexibility index (Phi) is 7.16. The lowest BCUT2D eigenvalue weighted by Crippen LogP contribution is -2.24. The molecule has 0 aliphatic rings. The molecule has 0 aliphatic carbocycles. The van der Waals surface area contributed by atoms with Crippen LogP contribution in [-0.2, 0) is 4.79 Å². The van der Waals surface area contributed by atoms with Gasteiger partial charge in [0.15, 0.2) is 6.61 Å². The number of carbonyl (C=O) groups is 1. The van der Waals surface area contributed by atoms with Gasteiger partial charge in [-0.25, -0.2) is 10.4 Å². The number of hydrazone groups is 1. The molecule has 2 heterocycles. The molecule has 6 nitrogen and oxygen atoms in total. The van der Waals surface area contributed by atoms with Crippen LogP contribution in [0.4, 0.5) is 0 Å². The lowest BCUT2D eigenvalue weighted by Gasteiger charge is -2.11. The zero-order valence-electron chi connectivity index (χ0n) is 21.3. The van der Waals surface area contributed by atoms with Crippen molar-refractivity contribution in [3.8, 4) is 28.1 Å². The highest BCUT2D eigenvalue weighted by Crippen LogP contribution is 2.33. The third-order valence-corrected chi connectivity index (χ3v) is 6.64. The van der Waals surface area contributed by atoms with Crippen LogP contribution in [0.1, 0.15) is 5.56 Å². The van der Waals surface area contributed by atoms with Gasteiger partial charge in [-0.2, -0.15) is 5.10 Å². The summed E-state index contributed by atoms with van der Waals surface area (Å²) in [6.45, 7) is -0.161. The summed E-state index contributed by atoms with van der Waals surface area (Å²) in [7, 11) is 0. The largest absolute Gasteiger partial charge is 0.484 e. The number of halogens is 1. The fourth-order valence-electron chi connectivity index (χ4n) is 4.46. The Morgan fingerprint density at radius 3 is 2.52 bits per heavy atom. The number of aromatic nitrogens is 2. The first-order valence-corrected chi connectivity index (χ1v) is 13.1. The van der Waals surface area contributed by atoms with Crippen LogP contribution in [0.5, 0.6) is 5.75 Å². The van der Waals surface area contributed by atoms with Gasteiger partial charge in [0, 0.05) is 27.6 Å². The Balaban J connectivity index is 1.12. The highest BCUT2D eigenvalue weighted by atomic mass is 35.5. The van der Waals surface area contributed by atoms with Gasteiger partial charge in [0.05, 0.1) is 22.9 Å². The average molecular weight is 543 g/mol. The number of benzene rings is 4. The molecule has 0 saturated heterocycles.